The van der Waals surface area contributed by atoms with Crippen LogP contribution < -0.4 is 20.3 Å². The number of carbonyl (C=O) groups excluding carboxylic acids is 1. The second kappa shape index (κ2) is 10.7. The van der Waals surface area contributed by atoms with Crippen molar-refractivity contribution in [2.24, 2.45) is 11.8 Å². The number of nitrogens with one attached hydrogen (secondary N) is 2. The highest BCUT2D eigenvalue weighted by Crippen LogP contribution is 2.46. The largest absolute Gasteiger partial charge is 0.495 e. The molecule has 3 fully saturated rings. The molecule has 5 rings (SSSR count). The Bertz CT molecular complexity index is 1190. The molecule has 0 bridgehead atoms. The SMILES string of the molecule is COc1ccc(CNc2nc(N3CC4CC4C3)ncc2C(=O)NC2CCC(OP(=O)(O)O)CC2)cc1Cl. The molecule has 0 radical (unpaired) electrons. The molecule has 200 valence electrons. The van der Waals surface area contributed by atoms with Crippen LogP contribution in [0.4, 0.5) is 11.8 Å². The van der Waals surface area contributed by atoms with Gasteiger partial charge in [-0.1, -0.05) is 17.7 Å². The zero-order valence-corrected chi connectivity index (χ0v) is 22.1. The lowest BCUT2D eigenvalue weighted by atomic mass is 9.93. The molecule has 2 aromatic rings. The topological polar surface area (TPSA) is 146 Å². The summed E-state index contributed by atoms with van der Waals surface area (Å²) in [5.41, 5.74) is 1.24. The van der Waals surface area contributed by atoms with E-state index in [0.29, 0.717) is 72.2 Å². The van der Waals surface area contributed by atoms with Gasteiger partial charge in [-0.05, 0) is 61.6 Å². The first-order chi connectivity index (χ1) is 17.7. The van der Waals surface area contributed by atoms with Crippen molar-refractivity contribution in [1.82, 2.24) is 15.3 Å². The number of hydrogen-bond donors (Lipinski definition) is 4. The monoisotopic (exact) mass is 551 g/mol. The van der Waals surface area contributed by atoms with Crippen molar-refractivity contribution in [3.05, 3.63) is 40.5 Å². The lowest BCUT2D eigenvalue weighted by Crippen LogP contribution is -2.39. The molecule has 2 aliphatic carbocycles. The van der Waals surface area contributed by atoms with E-state index in [9.17, 15) is 9.36 Å². The molecule has 11 nitrogen and oxygen atoms in total. The van der Waals surface area contributed by atoms with Gasteiger partial charge in [-0.15, -0.1) is 0 Å². The highest BCUT2D eigenvalue weighted by molar-refractivity contribution is 7.46. The molecule has 1 amide bonds. The zero-order valence-electron chi connectivity index (χ0n) is 20.5. The lowest BCUT2D eigenvalue weighted by molar-refractivity contribution is 0.0820. The van der Waals surface area contributed by atoms with Crippen LogP contribution in [0.5, 0.6) is 5.75 Å². The third-order valence-corrected chi connectivity index (χ3v) is 8.12. The first kappa shape index (κ1) is 26.2. The highest BCUT2D eigenvalue weighted by Gasteiger charge is 2.46. The number of aromatic nitrogens is 2. The summed E-state index contributed by atoms with van der Waals surface area (Å²) in [6.07, 6.45) is 4.32. The number of anilines is 2. The average Bonchev–Trinajstić information content (AvgIpc) is 3.47. The van der Waals surface area contributed by atoms with Gasteiger partial charge in [-0.3, -0.25) is 9.32 Å². The molecule has 1 saturated heterocycles. The fourth-order valence-electron chi connectivity index (χ4n) is 5.16. The summed E-state index contributed by atoms with van der Waals surface area (Å²) >= 11 is 6.27. The molecule has 37 heavy (non-hydrogen) atoms. The van der Waals surface area contributed by atoms with Gasteiger partial charge in [-0.25, -0.2) is 9.55 Å². The van der Waals surface area contributed by atoms with Crippen molar-refractivity contribution in [2.45, 2.75) is 50.8 Å². The molecule has 4 N–H and O–H groups in total. The molecule has 2 heterocycles. The highest BCUT2D eigenvalue weighted by atomic mass is 35.5. The Kier molecular flexibility index (Phi) is 7.60. The van der Waals surface area contributed by atoms with E-state index in [1.807, 2.05) is 6.07 Å². The van der Waals surface area contributed by atoms with Gasteiger partial charge in [0.05, 0.1) is 18.2 Å². The molecule has 3 aliphatic rings. The molecule has 2 atom stereocenters. The van der Waals surface area contributed by atoms with E-state index < -0.39 is 13.9 Å². The van der Waals surface area contributed by atoms with Crippen LogP contribution in [0.1, 0.15) is 48.0 Å². The summed E-state index contributed by atoms with van der Waals surface area (Å²) in [4.78, 5) is 42.7. The van der Waals surface area contributed by atoms with Gasteiger partial charge in [0, 0.05) is 31.9 Å². The quantitative estimate of drug-likeness (QED) is 0.342. The number of piperidine rings is 1. The zero-order chi connectivity index (χ0) is 26.2. The van der Waals surface area contributed by atoms with Crippen LogP contribution in [-0.2, 0) is 15.6 Å². The van der Waals surface area contributed by atoms with Crippen LogP contribution in [0.2, 0.25) is 5.02 Å². The summed E-state index contributed by atoms with van der Waals surface area (Å²) in [7, 11) is -2.96. The minimum absolute atomic E-state index is 0.136. The van der Waals surface area contributed by atoms with Crippen LogP contribution in [0.3, 0.4) is 0 Å². The summed E-state index contributed by atoms with van der Waals surface area (Å²) in [6, 6.07) is 5.36. The van der Waals surface area contributed by atoms with Gasteiger partial charge in [0.15, 0.2) is 0 Å². The van der Waals surface area contributed by atoms with Gasteiger partial charge in [-0.2, -0.15) is 4.98 Å². The summed E-state index contributed by atoms with van der Waals surface area (Å²) < 4.78 is 21.1. The number of amides is 1. The number of benzene rings is 1. The fourth-order valence-corrected chi connectivity index (χ4v) is 6.04. The number of nitrogens with zero attached hydrogens (tertiary/aromatic N) is 3. The third kappa shape index (κ3) is 6.53. The Hall–Kier alpha value is -2.43. The first-order valence-electron chi connectivity index (χ1n) is 12.4. The first-order valence-corrected chi connectivity index (χ1v) is 14.3. The van der Waals surface area contributed by atoms with E-state index in [2.05, 4.69) is 20.5 Å². The fraction of sp³-hybridized carbons (Fsp3) is 0.542. The van der Waals surface area contributed by atoms with E-state index in [1.54, 1.807) is 25.4 Å². The Morgan fingerprint density at radius 3 is 2.59 bits per heavy atom. The molecular weight excluding hydrogens is 521 g/mol. The van der Waals surface area contributed by atoms with Crippen LogP contribution in [0.15, 0.2) is 24.4 Å². The molecule has 13 heteroatoms. The number of phosphoric ester groups is 1. The van der Waals surface area contributed by atoms with Crippen molar-refractivity contribution >= 4 is 37.1 Å². The van der Waals surface area contributed by atoms with Gasteiger partial charge in [0.1, 0.15) is 17.1 Å². The van der Waals surface area contributed by atoms with Crippen molar-refractivity contribution in [2.75, 3.05) is 30.4 Å². The van der Waals surface area contributed by atoms with E-state index in [4.69, 9.17) is 35.6 Å². The lowest BCUT2D eigenvalue weighted by Gasteiger charge is -2.29. The maximum atomic E-state index is 13.2. The second-order valence-corrected chi connectivity index (χ2v) is 11.6. The summed E-state index contributed by atoms with van der Waals surface area (Å²) in [6.45, 7) is 2.27. The number of ether oxygens (including phenoxy) is 1. The normalized spacial score (nSPS) is 24.9. The van der Waals surface area contributed by atoms with Crippen molar-refractivity contribution < 1.29 is 28.4 Å². The van der Waals surface area contributed by atoms with Crippen LogP contribution >= 0.6 is 19.4 Å². The molecule has 0 spiro atoms. The number of halogens is 1. The number of methoxy groups -OCH3 is 1. The third-order valence-electron chi connectivity index (χ3n) is 7.25. The maximum Gasteiger partial charge on any atom is 0.469 e. The number of rotatable bonds is 9. The second-order valence-electron chi connectivity index (χ2n) is 9.96. The predicted octanol–water partition coefficient (Wildman–Crippen LogP) is 3.36. The van der Waals surface area contributed by atoms with Gasteiger partial charge in [0.25, 0.3) is 5.91 Å². The Labute approximate surface area is 220 Å². The smallest absolute Gasteiger partial charge is 0.469 e. The van der Waals surface area contributed by atoms with Crippen LogP contribution in [0.25, 0.3) is 0 Å². The van der Waals surface area contributed by atoms with Gasteiger partial charge < -0.3 is 30.1 Å². The number of phosphoric acid groups is 1. The molecule has 2 unspecified atom stereocenters. The number of carbonyl (C=O) groups is 1. The van der Waals surface area contributed by atoms with E-state index >= 15 is 0 Å². The van der Waals surface area contributed by atoms with Crippen LogP contribution in [-0.4, -0.2) is 58.0 Å². The summed E-state index contributed by atoms with van der Waals surface area (Å²) in [5.74, 6) is 2.76. The Morgan fingerprint density at radius 2 is 1.95 bits per heavy atom. The average molecular weight is 552 g/mol. The predicted molar refractivity (Wildman–Crippen MR) is 138 cm³/mol. The minimum Gasteiger partial charge on any atom is -0.495 e. The van der Waals surface area contributed by atoms with E-state index in [-0.39, 0.29) is 11.9 Å². The van der Waals surface area contributed by atoms with E-state index in [0.717, 1.165) is 18.7 Å². The standard InChI is InChI=1S/C24H31ClN5O6P/c1-35-21-7-2-14(8-20(21)25)10-26-22-19(11-27-24(29-22)30-12-15-9-16(15)13-30)23(31)28-17-3-5-18(6-4-17)36-37(32,33)34/h2,7-8,11,15-18H,3-6,9-10,12-13H2,1H3,(H,28,31)(H,26,27,29)(H2,32,33,34). The molecule has 1 aliphatic heterocycles. The number of fused-ring (bicyclic) bond motifs is 1. The van der Waals surface area contributed by atoms with Gasteiger partial charge in [0.2, 0.25) is 5.95 Å². The molecule has 1 aromatic heterocycles. The molecular formula is C24H31ClN5O6P. The van der Waals surface area contributed by atoms with Crippen molar-refractivity contribution in [1.29, 1.82) is 0 Å². The van der Waals surface area contributed by atoms with Crippen molar-refractivity contribution in [3.63, 3.8) is 0 Å². The van der Waals surface area contributed by atoms with E-state index in [1.165, 1.54) is 6.42 Å². The Morgan fingerprint density at radius 1 is 1.22 bits per heavy atom. The summed E-state index contributed by atoms with van der Waals surface area (Å²) in [5, 5.41) is 6.81. The minimum atomic E-state index is -4.52. The molecule has 1 aromatic carbocycles. The van der Waals surface area contributed by atoms with Gasteiger partial charge >= 0.3 is 7.82 Å². The maximum absolute atomic E-state index is 13.2. The Balaban J connectivity index is 1.28. The molecule has 2 saturated carbocycles. The van der Waals surface area contributed by atoms with Crippen molar-refractivity contribution in [3.8, 4) is 5.75 Å². The number of hydrogen-bond acceptors (Lipinski definition) is 8. The van der Waals surface area contributed by atoms with Crippen LogP contribution in [0, 0.1) is 11.8 Å².